The molecule has 0 atom stereocenters. The molecule has 136 valence electrons. The summed E-state index contributed by atoms with van der Waals surface area (Å²) in [4.78, 5) is 33.3. The number of thioether (sulfide) groups is 1. The first-order chi connectivity index (χ1) is 13.1. The predicted octanol–water partition coefficient (Wildman–Crippen LogP) is 2.89. The number of hydrogen-bond donors (Lipinski definition) is 2. The van der Waals surface area contributed by atoms with Crippen molar-refractivity contribution in [3.63, 3.8) is 0 Å². The van der Waals surface area contributed by atoms with Crippen LogP contribution >= 0.6 is 11.8 Å². The quantitative estimate of drug-likeness (QED) is 0.405. The number of aromatic nitrogens is 2. The molecule has 0 aliphatic rings. The first-order valence-electron chi connectivity index (χ1n) is 8.28. The standard InChI is InChI=1S/C20H18N4O2S/c1-14-6-9-16(10-7-14)27-13-20(26)24-23-19(25)11-8-15-12-21-17-4-2-3-5-18(17)22-15/h2-12H,13H2,1H3,(H,23,25)(H,24,26)/b11-8+. The van der Waals surface area contributed by atoms with Gasteiger partial charge in [0, 0.05) is 11.0 Å². The molecule has 3 rings (SSSR count). The Hall–Kier alpha value is -3.19. The van der Waals surface area contributed by atoms with Crippen LogP contribution in [0.5, 0.6) is 0 Å². The molecule has 2 N–H and O–H groups in total. The molecule has 0 aliphatic carbocycles. The molecule has 0 spiro atoms. The van der Waals surface area contributed by atoms with Crippen LogP contribution in [0.25, 0.3) is 17.1 Å². The number of fused-ring (bicyclic) bond motifs is 1. The van der Waals surface area contributed by atoms with Crippen molar-refractivity contribution in [1.82, 2.24) is 20.8 Å². The van der Waals surface area contributed by atoms with E-state index in [1.54, 1.807) is 12.3 Å². The molecule has 0 unspecified atom stereocenters. The van der Waals surface area contributed by atoms with Gasteiger partial charge in [0.1, 0.15) is 0 Å². The van der Waals surface area contributed by atoms with Crippen molar-refractivity contribution in [3.05, 3.63) is 72.1 Å². The average Bonchev–Trinajstić information content (AvgIpc) is 2.70. The predicted molar refractivity (Wildman–Crippen MR) is 107 cm³/mol. The van der Waals surface area contributed by atoms with Gasteiger partial charge in [0.25, 0.3) is 5.91 Å². The molecule has 3 aromatic rings. The average molecular weight is 378 g/mol. The second-order valence-electron chi connectivity index (χ2n) is 5.76. The van der Waals surface area contributed by atoms with Gasteiger partial charge in [-0.05, 0) is 37.3 Å². The van der Waals surface area contributed by atoms with E-state index < -0.39 is 5.91 Å². The summed E-state index contributed by atoms with van der Waals surface area (Å²) in [6.07, 6.45) is 4.43. The van der Waals surface area contributed by atoms with E-state index in [9.17, 15) is 9.59 Å². The molecule has 1 heterocycles. The van der Waals surface area contributed by atoms with Crippen LogP contribution in [0.15, 0.2) is 65.7 Å². The van der Waals surface area contributed by atoms with Crippen LogP contribution in [-0.4, -0.2) is 27.5 Å². The fourth-order valence-corrected chi connectivity index (χ4v) is 2.90. The number of rotatable bonds is 5. The van der Waals surface area contributed by atoms with E-state index in [4.69, 9.17) is 0 Å². The number of benzene rings is 2. The number of amides is 2. The van der Waals surface area contributed by atoms with Gasteiger partial charge in [0.2, 0.25) is 5.91 Å². The third-order valence-electron chi connectivity index (χ3n) is 3.59. The lowest BCUT2D eigenvalue weighted by Gasteiger charge is -2.05. The number of nitrogens with zero attached hydrogens (tertiary/aromatic N) is 2. The number of hydrogen-bond acceptors (Lipinski definition) is 5. The highest BCUT2D eigenvalue weighted by Crippen LogP contribution is 2.17. The molecular formula is C20H18N4O2S. The Labute approximate surface area is 161 Å². The summed E-state index contributed by atoms with van der Waals surface area (Å²) >= 11 is 1.40. The molecule has 0 saturated heterocycles. The highest BCUT2D eigenvalue weighted by Gasteiger charge is 2.04. The lowest BCUT2D eigenvalue weighted by molar-refractivity contribution is -0.125. The van der Waals surface area contributed by atoms with Crippen LogP contribution in [0.2, 0.25) is 0 Å². The smallest absolute Gasteiger partial charge is 0.262 e. The minimum atomic E-state index is -0.446. The fraction of sp³-hybridized carbons (Fsp3) is 0.100. The Balaban J connectivity index is 1.46. The second-order valence-corrected chi connectivity index (χ2v) is 6.80. The van der Waals surface area contributed by atoms with Gasteiger partial charge < -0.3 is 0 Å². The zero-order valence-corrected chi connectivity index (χ0v) is 15.5. The number of aryl methyl sites for hydroxylation is 1. The third-order valence-corrected chi connectivity index (χ3v) is 4.60. The molecule has 6 nitrogen and oxygen atoms in total. The number of para-hydroxylation sites is 2. The van der Waals surface area contributed by atoms with E-state index >= 15 is 0 Å². The Bertz CT molecular complexity index is 987. The summed E-state index contributed by atoms with van der Waals surface area (Å²) in [5.41, 5.74) is 8.00. The van der Waals surface area contributed by atoms with Crippen molar-refractivity contribution >= 4 is 40.7 Å². The Morgan fingerprint density at radius 1 is 1.04 bits per heavy atom. The van der Waals surface area contributed by atoms with Gasteiger partial charge in [-0.25, -0.2) is 4.98 Å². The molecule has 2 aromatic carbocycles. The van der Waals surface area contributed by atoms with Gasteiger partial charge in [-0.1, -0.05) is 29.8 Å². The lowest BCUT2D eigenvalue weighted by Crippen LogP contribution is -2.41. The molecular weight excluding hydrogens is 360 g/mol. The normalized spacial score (nSPS) is 10.9. The van der Waals surface area contributed by atoms with Gasteiger partial charge in [0.05, 0.1) is 28.7 Å². The van der Waals surface area contributed by atoms with E-state index in [0.29, 0.717) is 5.69 Å². The van der Waals surface area contributed by atoms with E-state index in [-0.39, 0.29) is 11.7 Å². The number of carbonyl (C=O) groups is 2. The summed E-state index contributed by atoms with van der Waals surface area (Å²) in [6, 6.07) is 15.4. The second kappa shape index (κ2) is 8.95. The number of nitrogens with one attached hydrogen (secondary N) is 2. The number of hydrazine groups is 1. The van der Waals surface area contributed by atoms with Crippen molar-refractivity contribution in [2.24, 2.45) is 0 Å². The SMILES string of the molecule is Cc1ccc(SCC(=O)NNC(=O)/C=C/c2cnc3ccccc3n2)cc1. The van der Waals surface area contributed by atoms with Gasteiger partial charge in [-0.3, -0.25) is 25.4 Å². The maximum atomic E-state index is 11.8. The van der Waals surface area contributed by atoms with E-state index in [0.717, 1.165) is 15.9 Å². The lowest BCUT2D eigenvalue weighted by atomic mass is 10.2. The fourth-order valence-electron chi connectivity index (χ4n) is 2.21. The van der Waals surface area contributed by atoms with Crippen molar-refractivity contribution < 1.29 is 9.59 Å². The largest absolute Gasteiger partial charge is 0.272 e. The number of carbonyl (C=O) groups excluding carboxylic acids is 2. The molecule has 0 saturated carbocycles. The highest BCUT2D eigenvalue weighted by molar-refractivity contribution is 8.00. The van der Waals surface area contributed by atoms with Crippen LogP contribution in [0.1, 0.15) is 11.3 Å². The van der Waals surface area contributed by atoms with Crippen LogP contribution in [0.3, 0.4) is 0 Å². The van der Waals surface area contributed by atoms with Crippen molar-refractivity contribution in [3.8, 4) is 0 Å². The summed E-state index contributed by atoms with van der Waals surface area (Å²) in [5, 5.41) is 0. The summed E-state index contributed by atoms with van der Waals surface area (Å²) < 4.78 is 0. The van der Waals surface area contributed by atoms with Gasteiger partial charge in [-0.15, -0.1) is 11.8 Å². The van der Waals surface area contributed by atoms with E-state index in [1.807, 2.05) is 55.5 Å². The minimum absolute atomic E-state index is 0.212. The molecule has 1 aromatic heterocycles. The highest BCUT2D eigenvalue weighted by atomic mass is 32.2. The van der Waals surface area contributed by atoms with E-state index in [1.165, 1.54) is 23.4 Å². The third kappa shape index (κ3) is 5.65. The van der Waals surface area contributed by atoms with Crippen LogP contribution in [-0.2, 0) is 9.59 Å². The summed E-state index contributed by atoms with van der Waals surface area (Å²) in [6.45, 7) is 2.01. The first kappa shape index (κ1) is 18.6. The molecule has 0 fully saturated rings. The van der Waals surface area contributed by atoms with Crippen LogP contribution in [0.4, 0.5) is 0 Å². The van der Waals surface area contributed by atoms with Crippen LogP contribution in [0, 0.1) is 6.92 Å². The van der Waals surface area contributed by atoms with Crippen molar-refractivity contribution in [1.29, 1.82) is 0 Å². The van der Waals surface area contributed by atoms with Crippen molar-refractivity contribution in [2.45, 2.75) is 11.8 Å². The molecule has 27 heavy (non-hydrogen) atoms. The zero-order chi connectivity index (χ0) is 19.1. The maximum absolute atomic E-state index is 11.8. The molecule has 2 amide bonds. The van der Waals surface area contributed by atoms with Crippen LogP contribution < -0.4 is 10.9 Å². The van der Waals surface area contributed by atoms with Gasteiger partial charge in [0.15, 0.2) is 0 Å². The molecule has 0 radical (unpaired) electrons. The Morgan fingerprint density at radius 2 is 1.78 bits per heavy atom. The molecule has 7 heteroatoms. The zero-order valence-electron chi connectivity index (χ0n) is 14.7. The van der Waals surface area contributed by atoms with E-state index in [2.05, 4.69) is 20.8 Å². The summed E-state index contributed by atoms with van der Waals surface area (Å²) in [5.74, 6) is -0.519. The molecule has 0 bridgehead atoms. The van der Waals surface area contributed by atoms with Gasteiger partial charge in [-0.2, -0.15) is 0 Å². The first-order valence-corrected chi connectivity index (χ1v) is 9.27. The maximum Gasteiger partial charge on any atom is 0.262 e. The van der Waals surface area contributed by atoms with Gasteiger partial charge >= 0.3 is 0 Å². The molecule has 0 aliphatic heterocycles. The summed E-state index contributed by atoms with van der Waals surface area (Å²) in [7, 11) is 0. The Morgan fingerprint density at radius 3 is 2.56 bits per heavy atom. The monoisotopic (exact) mass is 378 g/mol. The minimum Gasteiger partial charge on any atom is -0.272 e. The Kier molecular flexibility index (Phi) is 6.17. The topological polar surface area (TPSA) is 84.0 Å². The van der Waals surface area contributed by atoms with Crippen molar-refractivity contribution in [2.75, 3.05) is 5.75 Å².